The Morgan fingerprint density at radius 2 is 2.05 bits per heavy atom. The first-order valence-corrected chi connectivity index (χ1v) is 6.88. The van der Waals surface area contributed by atoms with Gasteiger partial charge in [-0.25, -0.2) is 9.97 Å². The molecule has 7 nitrogen and oxygen atoms in total. The Hall–Kier alpha value is -2.51. The van der Waals surface area contributed by atoms with Gasteiger partial charge in [0.1, 0.15) is 6.33 Å². The van der Waals surface area contributed by atoms with Gasteiger partial charge < -0.3 is 14.7 Å². The number of aliphatic hydroxyl groups is 1. The molecule has 0 aliphatic carbocycles. The highest BCUT2D eigenvalue weighted by Crippen LogP contribution is 2.22. The van der Waals surface area contributed by atoms with Crippen LogP contribution in [0, 0.1) is 0 Å². The van der Waals surface area contributed by atoms with Crippen molar-refractivity contribution in [2.45, 2.75) is 12.7 Å². The molecule has 0 aliphatic rings. The first kappa shape index (κ1) is 14.4. The van der Waals surface area contributed by atoms with Gasteiger partial charge in [0.25, 0.3) is 0 Å². The summed E-state index contributed by atoms with van der Waals surface area (Å²) in [5.41, 5.74) is 2.46. The van der Waals surface area contributed by atoms with Crippen LogP contribution in [0.15, 0.2) is 42.9 Å². The zero-order chi connectivity index (χ0) is 15.5. The van der Waals surface area contributed by atoms with Crippen molar-refractivity contribution in [2.24, 2.45) is 0 Å². The zero-order valence-electron chi connectivity index (χ0n) is 12.4. The molecule has 0 fully saturated rings. The summed E-state index contributed by atoms with van der Waals surface area (Å²) in [5.74, 6) is 0.648. The summed E-state index contributed by atoms with van der Waals surface area (Å²) in [7, 11) is 3.38. The van der Waals surface area contributed by atoms with Gasteiger partial charge in [-0.05, 0) is 12.1 Å². The quantitative estimate of drug-likeness (QED) is 0.718. The van der Waals surface area contributed by atoms with Crippen LogP contribution in [-0.4, -0.2) is 45.1 Å². The molecule has 114 valence electrons. The molecule has 0 bridgehead atoms. The van der Waals surface area contributed by atoms with Crippen molar-refractivity contribution in [3.05, 3.63) is 48.4 Å². The van der Waals surface area contributed by atoms with E-state index < -0.39 is 6.29 Å². The van der Waals surface area contributed by atoms with Gasteiger partial charge in [-0.1, -0.05) is 18.2 Å². The van der Waals surface area contributed by atoms with Gasteiger partial charge in [0.2, 0.25) is 5.95 Å². The van der Waals surface area contributed by atoms with Crippen molar-refractivity contribution < 1.29 is 9.84 Å². The number of fused-ring (bicyclic) bond motifs is 1. The maximum Gasteiger partial charge on any atom is 0.234 e. The minimum atomic E-state index is -0.877. The maximum atomic E-state index is 9.63. The van der Waals surface area contributed by atoms with Crippen LogP contribution >= 0.6 is 0 Å². The van der Waals surface area contributed by atoms with E-state index in [1.165, 1.54) is 13.4 Å². The smallest absolute Gasteiger partial charge is 0.234 e. The number of para-hydroxylation sites is 1. The minimum absolute atomic E-state index is 0.325. The lowest BCUT2D eigenvalue weighted by atomic mass is 10.2. The lowest BCUT2D eigenvalue weighted by molar-refractivity contribution is -0.0718. The summed E-state index contributed by atoms with van der Waals surface area (Å²) in [4.78, 5) is 10.5. The van der Waals surface area contributed by atoms with Crippen LogP contribution in [0.5, 0.6) is 0 Å². The standard InChI is InChI=1S/C15H17N5O2/c1-19(12-6-4-3-5-7-12)15-17-10-16-14-11(8-13(21)22-2)9-18-20(14)15/h3-7,9-10,13,21H,8H2,1-2H3. The molecular weight excluding hydrogens is 282 g/mol. The molecular formula is C15H17N5O2. The predicted molar refractivity (Wildman–Crippen MR) is 82.0 cm³/mol. The van der Waals surface area contributed by atoms with Crippen molar-refractivity contribution in [1.82, 2.24) is 19.6 Å². The van der Waals surface area contributed by atoms with E-state index in [1.807, 2.05) is 42.3 Å². The lowest BCUT2D eigenvalue weighted by Crippen LogP contribution is -2.16. The number of hydrogen-bond donors (Lipinski definition) is 1. The van der Waals surface area contributed by atoms with Gasteiger partial charge in [0.05, 0.1) is 6.20 Å². The van der Waals surface area contributed by atoms with E-state index in [0.29, 0.717) is 18.0 Å². The second-order valence-corrected chi connectivity index (χ2v) is 4.87. The van der Waals surface area contributed by atoms with E-state index in [0.717, 1.165) is 11.3 Å². The molecule has 0 aliphatic heterocycles. The van der Waals surface area contributed by atoms with Crippen LogP contribution in [0.2, 0.25) is 0 Å². The van der Waals surface area contributed by atoms with Crippen molar-refractivity contribution in [1.29, 1.82) is 0 Å². The molecule has 0 amide bonds. The van der Waals surface area contributed by atoms with Crippen LogP contribution in [-0.2, 0) is 11.2 Å². The van der Waals surface area contributed by atoms with Gasteiger partial charge in [0, 0.05) is 31.8 Å². The summed E-state index contributed by atoms with van der Waals surface area (Å²) < 4.78 is 6.54. The zero-order valence-corrected chi connectivity index (χ0v) is 12.4. The molecule has 3 rings (SSSR count). The lowest BCUT2D eigenvalue weighted by Gasteiger charge is -2.18. The highest BCUT2D eigenvalue weighted by molar-refractivity contribution is 5.59. The molecule has 7 heteroatoms. The van der Waals surface area contributed by atoms with Crippen molar-refractivity contribution in [3.63, 3.8) is 0 Å². The Balaban J connectivity index is 2.01. The van der Waals surface area contributed by atoms with E-state index in [-0.39, 0.29) is 0 Å². The summed E-state index contributed by atoms with van der Waals surface area (Å²) in [5, 5.41) is 14.0. The molecule has 3 aromatic rings. The Morgan fingerprint density at radius 3 is 2.77 bits per heavy atom. The molecule has 0 saturated carbocycles. The fourth-order valence-corrected chi connectivity index (χ4v) is 2.26. The van der Waals surface area contributed by atoms with Crippen LogP contribution < -0.4 is 4.90 Å². The van der Waals surface area contributed by atoms with Gasteiger partial charge in [-0.15, -0.1) is 0 Å². The van der Waals surface area contributed by atoms with E-state index in [4.69, 9.17) is 4.74 Å². The Bertz CT molecular complexity index is 759. The second-order valence-electron chi connectivity index (χ2n) is 4.87. The third kappa shape index (κ3) is 2.63. The van der Waals surface area contributed by atoms with Crippen LogP contribution in [0.1, 0.15) is 5.56 Å². The average molecular weight is 299 g/mol. The minimum Gasteiger partial charge on any atom is -0.368 e. The highest BCUT2D eigenvalue weighted by atomic mass is 16.6. The molecule has 0 spiro atoms. The number of anilines is 2. The third-order valence-corrected chi connectivity index (χ3v) is 3.47. The SMILES string of the molecule is COC(O)Cc1cnn2c(N(C)c3ccccc3)ncnc12. The number of hydrogen-bond acceptors (Lipinski definition) is 6. The van der Waals surface area contributed by atoms with Gasteiger partial charge >= 0.3 is 0 Å². The molecule has 0 saturated heterocycles. The Labute approximate surface area is 127 Å². The van der Waals surface area contributed by atoms with Crippen LogP contribution in [0.3, 0.4) is 0 Å². The number of nitrogens with zero attached hydrogens (tertiary/aromatic N) is 5. The fourth-order valence-electron chi connectivity index (χ4n) is 2.26. The van der Waals surface area contributed by atoms with Gasteiger partial charge in [-0.2, -0.15) is 9.61 Å². The van der Waals surface area contributed by atoms with Gasteiger partial charge in [-0.3, -0.25) is 0 Å². The maximum absolute atomic E-state index is 9.63. The van der Waals surface area contributed by atoms with Crippen LogP contribution in [0.4, 0.5) is 11.6 Å². The largest absolute Gasteiger partial charge is 0.368 e. The van der Waals surface area contributed by atoms with Gasteiger partial charge in [0.15, 0.2) is 11.9 Å². The third-order valence-electron chi connectivity index (χ3n) is 3.47. The topological polar surface area (TPSA) is 75.8 Å². The molecule has 1 aromatic carbocycles. The molecule has 2 aromatic heterocycles. The summed E-state index contributed by atoms with van der Waals surface area (Å²) in [6.45, 7) is 0. The van der Waals surface area contributed by atoms with Crippen molar-refractivity contribution in [2.75, 3.05) is 19.1 Å². The van der Waals surface area contributed by atoms with Crippen molar-refractivity contribution in [3.8, 4) is 0 Å². The Morgan fingerprint density at radius 1 is 1.27 bits per heavy atom. The first-order valence-electron chi connectivity index (χ1n) is 6.88. The summed E-state index contributed by atoms with van der Waals surface area (Å²) in [6.07, 6.45) is 2.62. The molecule has 1 atom stereocenters. The normalized spacial score (nSPS) is 12.5. The highest BCUT2D eigenvalue weighted by Gasteiger charge is 2.15. The van der Waals surface area contributed by atoms with Crippen LogP contribution in [0.25, 0.3) is 5.65 Å². The van der Waals surface area contributed by atoms with Crippen molar-refractivity contribution >= 4 is 17.3 Å². The molecule has 22 heavy (non-hydrogen) atoms. The van der Waals surface area contributed by atoms with E-state index in [2.05, 4.69) is 15.1 Å². The van der Waals surface area contributed by atoms with E-state index in [1.54, 1.807) is 10.7 Å². The number of aromatic nitrogens is 4. The van der Waals surface area contributed by atoms with E-state index >= 15 is 0 Å². The molecule has 1 N–H and O–H groups in total. The molecule has 2 heterocycles. The first-order chi connectivity index (χ1) is 10.7. The number of methoxy groups -OCH3 is 1. The molecule has 1 unspecified atom stereocenters. The summed E-state index contributed by atoms with van der Waals surface area (Å²) >= 11 is 0. The Kier molecular flexibility index (Phi) is 3.99. The number of ether oxygens (including phenoxy) is 1. The number of rotatable bonds is 5. The monoisotopic (exact) mass is 299 g/mol. The average Bonchev–Trinajstić information content (AvgIpc) is 2.98. The fraction of sp³-hybridized carbons (Fsp3) is 0.267. The number of benzene rings is 1. The second kappa shape index (κ2) is 6.08. The summed E-state index contributed by atoms with van der Waals surface area (Å²) in [6, 6.07) is 9.88. The number of aliphatic hydroxyl groups excluding tert-OH is 1. The molecule has 0 radical (unpaired) electrons. The van der Waals surface area contributed by atoms with E-state index in [9.17, 15) is 5.11 Å². The predicted octanol–water partition coefficient (Wildman–Crippen LogP) is 1.40.